The highest BCUT2D eigenvalue weighted by molar-refractivity contribution is 6.03. The van der Waals surface area contributed by atoms with Crippen LogP contribution in [0, 0.1) is 0 Å². The largest absolute Gasteiger partial charge is 0.328 e. The summed E-state index contributed by atoms with van der Waals surface area (Å²) in [6.45, 7) is 1.33. The molecular weight excluding hydrogens is 262 g/mol. The Hall–Kier alpha value is -2.62. The molecular formula is C17H15N3O. The summed E-state index contributed by atoms with van der Waals surface area (Å²) in [5.74, 6) is 0.0670. The Bertz CT molecular complexity index is 711. The maximum absolute atomic E-state index is 12.5. The van der Waals surface area contributed by atoms with Gasteiger partial charge in [0.25, 0.3) is 5.91 Å². The third kappa shape index (κ3) is 1.91. The second-order valence-electron chi connectivity index (χ2n) is 5.27. The topological polar surface area (TPSA) is 35.9 Å². The molecule has 0 bridgehead atoms. The summed E-state index contributed by atoms with van der Waals surface area (Å²) in [5.41, 5.74) is 2.94. The molecule has 0 aliphatic carbocycles. The lowest BCUT2D eigenvalue weighted by atomic mass is 10.1. The molecule has 21 heavy (non-hydrogen) atoms. The van der Waals surface area contributed by atoms with Gasteiger partial charge in [0, 0.05) is 12.8 Å². The number of nitrogens with zero attached hydrogens (tertiary/aromatic N) is 3. The quantitative estimate of drug-likeness (QED) is 0.845. The van der Waals surface area contributed by atoms with Crippen LogP contribution in [0.2, 0.25) is 0 Å². The standard InChI is InChI=1S/C17H15N3O/c21-16-14-8-4-5-9-15(14)20(17-18-10-11-19(16)17)12-13-6-2-1-3-7-13/h1-10,17H,11-12H2. The molecule has 0 fully saturated rings. The molecule has 2 heterocycles. The maximum Gasteiger partial charge on any atom is 0.259 e. The minimum absolute atomic E-state index is 0.0670. The third-order valence-electron chi connectivity index (χ3n) is 3.98. The van der Waals surface area contributed by atoms with Gasteiger partial charge in [0.2, 0.25) is 6.29 Å². The van der Waals surface area contributed by atoms with Crippen molar-refractivity contribution in [2.45, 2.75) is 12.8 Å². The second-order valence-corrected chi connectivity index (χ2v) is 5.27. The summed E-state index contributed by atoms with van der Waals surface area (Å²) in [7, 11) is 0. The van der Waals surface area contributed by atoms with Crippen molar-refractivity contribution < 1.29 is 4.79 Å². The van der Waals surface area contributed by atoms with Gasteiger partial charge in [-0.2, -0.15) is 0 Å². The van der Waals surface area contributed by atoms with Crippen LogP contribution in [-0.2, 0) is 6.54 Å². The van der Waals surface area contributed by atoms with Crippen LogP contribution in [0.5, 0.6) is 0 Å². The summed E-state index contributed by atoms with van der Waals surface area (Å²) >= 11 is 0. The van der Waals surface area contributed by atoms with E-state index in [1.807, 2.05) is 53.6 Å². The molecule has 2 aliphatic rings. The van der Waals surface area contributed by atoms with Crippen LogP contribution in [0.3, 0.4) is 0 Å². The minimum atomic E-state index is -0.215. The first-order valence-corrected chi connectivity index (χ1v) is 7.07. The Morgan fingerprint density at radius 2 is 1.81 bits per heavy atom. The fourth-order valence-corrected chi connectivity index (χ4v) is 2.97. The molecule has 104 valence electrons. The number of para-hydroxylation sites is 1. The predicted molar refractivity (Wildman–Crippen MR) is 82.4 cm³/mol. The molecule has 1 unspecified atom stereocenters. The van der Waals surface area contributed by atoms with Crippen LogP contribution in [0.4, 0.5) is 5.69 Å². The van der Waals surface area contributed by atoms with Gasteiger partial charge in [0.1, 0.15) is 0 Å². The molecule has 0 saturated heterocycles. The summed E-state index contributed by atoms with van der Waals surface area (Å²) in [5, 5.41) is 0. The van der Waals surface area contributed by atoms with Crippen molar-refractivity contribution in [3.63, 3.8) is 0 Å². The fraction of sp³-hybridized carbons (Fsp3) is 0.176. The predicted octanol–water partition coefficient (Wildman–Crippen LogP) is 2.52. The molecule has 1 atom stereocenters. The lowest BCUT2D eigenvalue weighted by Gasteiger charge is -2.40. The number of carbonyl (C=O) groups is 1. The van der Waals surface area contributed by atoms with Crippen LogP contribution in [0.1, 0.15) is 15.9 Å². The Balaban J connectivity index is 1.78. The van der Waals surface area contributed by atoms with Crippen LogP contribution >= 0.6 is 0 Å². The zero-order chi connectivity index (χ0) is 14.2. The number of hydrogen-bond donors (Lipinski definition) is 0. The molecule has 0 aromatic heterocycles. The first kappa shape index (κ1) is 12.1. The van der Waals surface area contributed by atoms with Gasteiger partial charge in [0.05, 0.1) is 17.8 Å². The molecule has 4 rings (SSSR count). The van der Waals surface area contributed by atoms with E-state index in [-0.39, 0.29) is 12.2 Å². The Labute approximate surface area is 123 Å². The number of aliphatic imine (C=N–C) groups is 1. The van der Waals surface area contributed by atoms with Crippen molar-refractivity contribution in [3.05, 3.63) is 65.7 Å². The van der Waals surface area contributed by atoms with E-state index >= 15 is 0 Å². The highest BCUT2D eigenvalue weighted by atomic mass is 16.2. The molecule has 2 aromatic rings. The van der Waals surface area contributed by atoms with Gasteiger partial charge in [-0.05, 0) is 17.7 Å². The zero-order valence-corrected chi connectivity index (χ0v) is 11.5. The number of carbonyl (C=O) groups excluding carboxylic acids is 1. The van der Waals surface area contributed by atoms with Gasteiger partial charge in [-0.3, -0.25) is 14.7 Å². The normalized spacial score (nSPS) is 19.6. The number of amides is 1. The Morgan fingerprint density at radius 3 is 2.67 bits per heavy atom. The molecule has 0 saturated carbocycles. The molecule has 2 aliphatic heterocycles. The summed E-state index contributed by atoms with van der Waals surface area (Å²) in [6, 6.07) is 18.1. The molecule has 1 amide bonds. The third-order valence-corrected chi connectivity index (χ3v) is 3.98. The number of benzene rings is 2. The van der Waals surface area contributed by atoms with E-state index in [1.54, 1.807) is 0 Å². The average molecular weight is 277 g/mol. The minimum Gasteiger partial charge on any atom is -0.328 e. The van der Waals surface area contributed by atoms with Gasteiger partial charge in [-0.1, -0.05) is 42.5 Å². The van der Waals surface area contributed by atoms with E-state index in [0.29, 0.717) is 6.54 Å². The lowest BCUT2D eigenvalue weighted by molar-refractivity contribution is 0.0712. The number of hydrogen-bond acceptors (Lipinski definition) is 3. The molecule has 0 radical (unpaired) electrons. The van der Waals surface area contributed by atoms with Crippen molar-refractivity contribution in [1.29, 1.82) is 0 Å². The van der Waals surface area contributed by atoms with Crippen molar-refractivity contribution in [1.82, 2.24) is 4.90 Å². The monoisotopic (exact) mass is 277 g/mol. The van der Waals surface area contributed by atoms with E-state index in [2.05, 4.69) is 22.0 Å². The van der Waals surface area contributed by atoms with Gasteiger partial charge in [-0.25, -0.2) is 0 Å². The van der Waals surface area contributed by atoms with Crippen molar-refractivity contribution in [2.24, 2.45) is 4.99 Å². The van der Waals surface area contributed by atoms with Crippen LogP contribution in [0.15, 0.2) is 59.6 Å². The van der Waals surface area contributed by atoms with Crippen LogP contribution in [0.25, 0.3) is 0 Å². The van der Waals surface area contributed by atoms with Gasteiger partial charge in [-0.15, -0.1) is 0 Å². The Kier molecular flexibility index (Phi) is 2.74. The lowest BCUT2D eigenvalue weighted by Crippen LogP contribution is -2.51. The fourth-order valence-electron chi connectivity index (χ4n) is 2.97. The highest BCUT2D eigenvalue weighted by Crippen LogP contribution is 2.33. The van der Waals surface area contributed by atoms with Crippen molar-refractivity contribution in [3.8, 4) is 0 Å². The number of rotatable bonds is 2. The van der Waals surface area contributed by atoms with Crippen molar-refractivity contribution >= 4 is 17.8 Å². The summed E-state index contributed by atoms with van der Waals surface area (Å²) in [4.78, 5) is 21.0. The van der Waals surface area contributed by atoms with E-state index in [4.69, 9.17) is 0 Å². The summed E-state index contributed by atoms with van der Waals surface area (Å²) in [6.07, 6.45) is 1.61. The van der Waals surface area contributed by atoms with Crippen LogP contribution in [-0.4, -0.2) is 29.9 Å². The van der Waals surface area contributed by atoms with Crippen LogP contribution < -0.4 is 4.90 Å². The van der Waals surface area contributed by atoms with Gasteiger partial charge >= 0.3 is 0 Å². The second kappa shape index (κ2) is 4.74. The number of anilines is 1. The van der Waals surface area contributed by atoms with E-state index in [9.17, 15) is 4.79 Å². The first-order valence-electron chi connectivity index (χ1n) is 7.07. The van der Waals surface area contributed by atoms with Gasteiger partial charge in [0.15, 0.2) is 0 Å². The zero-order valence-electron chi connectivity index (χ0n) is 11.5. The SMILES string of the molecule is O=C1c2ccccc2N(Cc2ccccc2)C2N=CCN12. The molecule has 0 spiro atoms. The molecule has 4 nitrogen and oxygen atoms in total. The molecule has 4 heteroatoms. The van der Waals surface area contributed by atoms with E-state index in [0.717, 1.165) is 17.8 Å². The van der Waals surface area contributed by atoms with Gasteiger partial charge < -0.3 is 4.90 Å². The first-order chi connectivity index (χ1) is 10.3. The number of fused-ring (bicyclic) bond motifs is 2. The molecule has 0 N–H and O–H groups in total. The average Bonchev–Trinajstić information content (AvgIpc) is 3.02. The summed E-state index contributed by atoms with van der Waals surface area (Å²) < 4.78 is 0. The smallest absolute Gasteiger partial charge is 0.259 e. The molecule has 2 aromatic carbocycles. The highest BCUT2D eigenvalue weighted by Gasteiger charge is 2.38. The Morgan fingerprint density at radius 1 is 1.05 bits per heavy atom. The van der Waals surface area contributed by atoms with E-state index < -0.39 is 0 Å². The van der Waals surface area contributed by atoms with E-state index in [1.165, 1.54) is 5.56 Å². The maximum atomic E-state index is 12.5. The van der Waals surface area contributed by atoms with Crippen molar-refractivity contribution in [2.75, 3.05) is 11.4 Å².